The molecular weight excluding hydrogens is 312 g/mol. The van der Waals surface area contributed by atoms with Gasteiger partial charge in [0.1, 0.15) is 5.75 Å². The van der Waals surface area contributed by atoms with Crippen LogP contribution in [-0.4, -0.2) is 57.8 Å². The summed E-state index contributed by atoms with van der Waals surface area (Å²) < 4.78 is 0. The van der Waals surface area contributed by atoms with Crippen molar-refractivity contribution in [3.05, 3.63) is 29.8 Å². The maximum absolute atomic E-state index is 11.0. The molecular formula is C12H16N4O7. The molecule has 11 heteroatoms. The zero-order valence-corrected chi connectivity index (χ0v) is 11.8. The number of carbonyl (C=O) groups is 3. The van der Waals surface area contributed by atoms with Crippen molar-refractivity contribution in [2.45, 2.75) is 0 Å². The lowest BCUT2D eigenvalue weighted by Gasteiger charge is -2.03. The molecule has 126 valence electrons. The minimum Gasteiger partial charge on any atom is -0.508 e. The van der Waals surface area contributed by atoms with Gasteiger partial charge in [0.2, 0.25) is 0 Å². The fourth-order valence-electron chi connectivity index (χ4n) is 0.952. The van der Waals surface area contributed by atoms with Crippen LogP contribution >= 0.6 is 0 Å². The van der Waals surface area contributed by atoms with E-state index in [9.17, 15) is 4.79 Å². The number of aliphatic hydroxyl groups is 1. The lowest BCUT2D eigenvalue weighted by atomic mass is 10.2. The highest BCUT2D eigenvalue weighted by atomic mass is 16.4. The predicted molar refractivity (Wildman–Crippen MR) is 77.7 cm³/mol. The number of hydrogen-bond acceptors (Lipinski definition) is 7. The van der Waals surface area contributed by atoms with Crippen LogP contribution in [0.3, 0.4) is 0 Å². The fraction of sp³-hybridized carbons (Fsp3) is 0.167. The average molecular weight is 328 g/mol. The van der Waals surface area contributed by atoms with Gasteiger partial charge < -0.3 is 20.4 Å². The first-order valence-electron chi connectivity index (χ1n) is 6.04. The van der Waals surface area contributed by atoms with Crippen molar-refractivity contribution in [1.29, 1.82) is 0 Å². The number of urea groups is 1. The number of phenols is 1. The van der Waals surface area contributed by atoms with E-state index in [-0.39, 0.29) is 18.9 Å². The van der Waals surface area contributed by atoms with Crippen molar-refractivity contribution < 1.29 is 34.8 Å². The van der Waals surface area contributed by atoms with E-state index in [0.29, 0.717) is 0 Å². The van der Waals surface area contributed by atoms with Gasteiger partial charge in [0, 0.05) is 6.54 Å². The third-order valence-corrected chi connectivity index (χ3v) is 1.89. The van der Waals surface area contributed by atoms with Crippen LogP contribution in [0.2, 0.25) is 0 Å². The Balaban J connectivity index is 0.000000688. The number of rotatable bonds is 5. The number of nitrogens with one attached hydrogen (secondary N) is 3. The second kappa shape index (κ2) is 11.5. The summed E-state index contributed by atoms with van der Waals surface area (Å²) in [5.74, 6) is -3.48. The summed E-state index contributed by atoms with van der Waals surface area (Å²) in [5, 5.41) is 35.9. The summed E-state index contributed by atoms with van der Waals surface area (Å²) in [6, 6.07) is 5.81. The van der Waals surface area contributed by atoms with Crippen molar-refractivity contribution in [1.82, 2.24) is 16.3 Å². The number of hydrogen-bond donors (Lipinski definition) is 7. The van der Waals surface area contributed by atoms with Crippen LogP contribution in [0.1, 0.15) is 5.56 Å². The van der Waals surface area contributed by atoms with Crippen molar-refractivity contribution in [3.8, 4) is 5.75 Å². The molecule has 0 saturated carbocycles. The standard InChI is InChI=1S/C10H14N4O3.C2H2O4/c15-6-5-11-13-10(17)14-12-7-8-1-3-9(16)4-2-8;3-1(4)2(5)6/h1-4,7,11,15-16H,5-6H2,(H2,13,14,17);(H,3,4)(H,5,6)/b12-7+;. The Morgan fingerprint density at radius 2 is 1.65 bits per heavy atom. The molecule has 0 spiro atoms. The van der Waals surface area contributed by atoms with Crippen LogP contribution in [0.4, 0.5) is 4.79 Å². The SMILES string of the molecule is O=C(N/N=C/c1ccc(O)cc1)NNCCO.O=C(O)C(=O)O. The molecule has 0 fully saturated rings. The third-order valence-electron chi connectivity index (χ3n) is 1.89. The van der Waals surface area contributed by atoms with E-state index in [4.69, 9.17) is 30.0 Å². The Morgan fingerprint density at radius 1 is 1.09 bits per heavy atom. The van der Waals surface area contributed by atoms with Crippen LogP contribution in [0.25, 0.3) is 0 Å². The van der Waals surface area contributed by atoms with Crippen LogP contribution in [-0.2, 0) is 9.59 Å². The molecule has 0 aliphatic rings. The number of nitrogens with zero attached hydrogens (tertiary/aromatic N) is 1. The summed E-state index contributed by atoms with van der Waals surface area (Å²) in [6.45, 7) is 0.187. The normalized spacial score (nSPS) is 9.61. The van der Waals surface area contributed by atoms with Gasteiger partial charge >= 0.3 is 18.0 Å². The van der Waals surface area contributed by atoms with Gasteiger partial charge in [-0.2, -0.15) is 5.10 Å². The van der Waals surface area contributed by atoms with Crippen molar-refractivity contribution in [2.24, 2.45) is 5.10 Å². The van der Waals surface area contributed by atoms with Gasteiger partial charge in [-0.25, -0.2) is 25.2 Å². The molecule has 7 N–H and O–H groups in total. The lowest BCUT2D eigenvalue weighted by Crippen LogP contribution is -2.43. The van der Waals surface area contributed by atoms with Gasteiger partial charge in [-0.1, -0.05) is 0 Å². The summed E-state index contributed by atoms with van der Waals surface area (Å²) in [5.41, 5.74) is 7.70. The highest BCUT2D eigenvalue weighted by Crippen LogP contribution is 2.07. The molecule has 0 aliphatic heterocycles. The quantitative estimate of drug-likeness (QED) is 0.150. The molecule has 0 aliphatic carbocycles. The number of benzene rings is 1. The minimum atomic E-state index is -1.82. The van der Waals surface area contributed by atoms with Crippen LogP contribution < -0.4 is 16.3 Å². The van der Waals surface area contributed by atoms with Gasteiger partial charge in [0.05, 0.1) is 12.8 Å². The third kappa shape index (κ3) is 11.2. The molecule has 0 heterocycles. The molecule has 1 aromatic rings. The number of amides is 2. The molecule has 0 radical (unpaired) electrons. The second-order valence-corrected chi connectivity index (χ2v) is 3.68. The monoisotopic (exact) mass is 328 g/mol. The van der Waals surface area contributed by atoms with Crippen LogP contribution in [0, 0.1) is 0 Å². The van der Waals surface area contributed by atoms with E-state index in [1.54, 1.807) is 12.1 Å². The van der Waals surface area contributed by atoms with E-state index >= 15 is 0 Å². The summed E-state index contributed by atoms with van der Waals surface area (Å²) in [7, 11) is 0. The number of phenolic OH excluding ortho intramolecular Hbond substituents is 1. The van der Waals surface area contributed by atoms with E-state index in [2.05, 4.69) is 21.4 Å². The van der Waals surface area contributed by atoms with E-state index < -0.39 is 18.0 Å². The number of carboxylic acids is 2. The zero-order valence-electron chi connectivity index (χ0n) is 11.8. The Hall–Kier alpha value is -3.18. The molecule has 0 saturated heterocycles. The topological polar surface area (TPSA) is 181 Å². The summed E-state index contributed by atoms with van der Waals surface area (Å²) in [6.07, 6.45) is 1.44. The number of aromatic hydroxyl groups is 1. The van der Waals surface area contributed by atoms with Gasteiger partial charge in [-0.15, -0.1) is 0 Å². The molecule has 1 aromatic carbocycles. The first kappa shape index (κ1) is 19.8. The first-order valence-corrected chi connectivity index (χ1v) is 6.04. The largest absolute Gasteiger partial charge is 0.508 e. The van der Waals surface area contributed by atoms with E-state index in [1.807, 2.05) is 0 Å². The number of aliphatic hydroxyl groups excluding tert-OH is 1. The van der Waals surface area contributed by atoms with Crippen LogP contribution in [0.15, 0.2) is 29.4 Å². The highest BCUT2D eigenvalue weighted by Gasteiger charge is 2.04. The van der Waals surface area contributed by atoms with Gasteiger partial charge in [-0.05, 0) is 29.8 Å². The Labute approximate surface area is 130 Å². The first-order chi connectivity index (χ1) is 10.9. The molecule has 0 bridgehead atoms. The Bertz CT molecular complexity index is 533. The average Bonchev–Trinajstić information content (AvgIpc) is 2.50. The second-order valence-electron chi connectivity index (χ2n) is 3.68. The molecule has 1 rings (SSSR count). The number of carbonyl (C=O) groups excluding carboxylic acids is 1. The van der Waals surface area contributed by atoms with Gasteiger partial charge in [-0.3, -0.25) is 5.43 Å². The predicted octanol–water partition coefficient (Wildman–Crippen LogP) is -1.32. The molecule has 2 amide bonds. The van der Waals surface area contributed by atoms with Crippen molar-refractivity contribution in [3.63, 3.8) is 0 Å². The molecule has 0 atom stereocenters. The number of hydrazine groups is 1. The molecule has 11 nitrogen and oxygen atoms in total. The maximum Gasteiger partial charge on any atom is 0.414 e. The smallest absolute Gasteiger partial charge is 0.414 e. The van der Waals surface area contributed by atoms with Gasteiger partial charge in [0.25, 0.3) is 0 Å². The van der Waals surface area contributed by atoms with E-state index in [1.165, 1.54) is 18.3 Å². The number of hydrazone groups is 1. The molecule has 0 aromatic heterocycles. The molecule has 0 unspecified atom stereocenters. The Kier molecular flexibility index (Phi) is 9.89. The number of carboxylic acid groups (broad SMARTS) is 2. The summed E-state index contributed by atoms with van der Waals surface area (Å²) in [4.78, 5) is 29.2. The van der Waals surface area contributed by atoms with Crippen molar-refractivity contribution in [2.75, 3.05) is 13.2 Å². The zero-order chi connectivity index (χ0) is 17.7. The highest BCUT2D eigenvalue weighted by molar-refractivity contribution is 6.27. The van der Waals surface area contributed by atoms with Crippen molar-refractivity contribution >= 4 is 24.2 Å². The minimum absolute atomic E-state index is 0.0724. The Morgan fingerprint density at radius 3 is 2.13 bits per heavy atom. The molecule has 23 heavy (non-hydrogen) atoms. The fourth-order valence-corrected chi connectivity index (χ4v) is 0.952. The maximum atomic E-state index is 11.0. The lowest BCUT2D eigenvalue weighted by molar-refractivity contribution is -0.159. The van der Waals surface area contributed by atoms with Crippen LogP contribution in [0.5, 0.6) is 5.75 Å². The summed E-state index contributed by atoms with van der Waals surface area (Å²) >= 11 is 0. The number of aliphatic carboxylic acids is 2. The van der Waals surface area contributed by atoms with Gasteiger partial charge in [0.15, 0.2) is 0 Å². The van der Waals surface area contributed by atoms with E-state index in [0.717, 1.165) is 5.56 Å².